The Balaban J connectivity index is 0.681. The number of fused-ring (bicyclic) bond motifs is 1. The number of methoxy groups -OCH3 is 1. The average Bonchev–Trinajstić information content (AvgIpc) is 3.42. The van der Waals surface area contributed by atoms with Crippen molar-refractivity contribution in [2.75, 3.05) is 97.2 Å². The molecule has 85 heavy (non-hydrogen) atoms. The van der Waals surface area contributed by atoms with Gasteiger partial charge in [0.15, 0.2) is 0 Å². The van der Waals surface area contributed by atoms with Crippen molar-refractivity contribution in [2.45, 2.75) is 115 Å². The first-order valence-corrected chi connectivity index (χ1v) is 30.6. The summed E-state index contributed by atoms with van der Waals surface area (Å²) in [5, 5.41) is 38.5. The lowest BCUT2D eigenvalue weighted by molar-refractivity contribution is -0.133. The normalized spacial score (nSPS) is 18.7. The highest BCUT2D eigenvalue weighted by Gasteiger charge is 2.36. The Kier molecular flexibility index (Phi) is 22.5. The minimum Gasteiger partial charge on any atom is -0.497 e. The second-order valence-corrected chi connectivity index (χ2v) is 23.1. The van der Waals surface area contributed by atoms with Gasteiger partial charge in [-0.1, -0.05) is 73.3 Å². The number of piperazine rings is 1. The van der Waals surface area contributed by atoms with Crippen molar-refractivity contribution in [3.05, 3.63) is 123 Å². The van der Waals surface area contributed by atoms with Crippen LogP contribution in [-0.4, -0.2) is 168 Å². The average molecular weight is 1190 g/mol. The molecule has 2 aliphatic carbocycles. The third kappa shape index (κ3) is 16.8. The van der Waals surface area contributed by atoms with Crippen LogP contribution in [0.4, 0.5) is 5.82 Å². The van der Waals surface area contributed by atoms with Gasteiger partial charge in [0.05, 0.1) is 63.8 Å². The van der Waals surface area contributed by atoms with E-state index in [0.717, 1.165) is 78.8 Å². The summed E-state index contributed by atoms with van der Waals surface area (Å²) in [6, 6.07) is 19.8. The molecule has 4 heterocycles. The monoisotopic (exact) mass is 1190 g/mol. The van der Waals surface area contributed by atoms with Crippen LogP contribution < -0.4 is 46.3 Å². The van der Waals surface area contributed by atoms with Gasteiger partial charge in [0.1, 0.15) is 35.4 Å². The fraction of sp³-hybridized carbons (Fsp3) is 0.532. The van der Waals surface area contributed by atoms with Gasteiger partial charge in [-0.05, 0) is 92.3 Å². The van der Waals surface area contributed by atoms with Crippen molar-refractivity contribution < 1.29 is 38.6 Å². The van der Waals surface area contributed by atoms with Crippen LogP contribution in [0.3, 0.4) is 0 Å². The molecular weight excluding hydrogens is 1100 g/mol. The van der Waals surface area contributed by atoms with E-state index < -0.39 is 18.1 Å². The third-order valence-electron chi connectivity index (χ3n) is 16.8. The summed E-state index contributed by atoms with van der Waals surface area (Å²) in [5.74, 6) is 1.27. The van der Waals surface area contributed by atoms with Gasteiger partial charge in [0.25, 0.3) is 5.91 Å². The molecule has 3 aromatic carbocycles. The summed E-state index contributed by atoms with van der Waals surface area (Å²) in [5.41, 5.74) is 5.51. The van der Waals surface area contributed by atoms with Crippen LogP contribution in [0.2, 0.25) is 5.02 Å². The first kappa shape index (κ1) is 62.3. The van der Waals surface area contributed by atoms with Gasteiger partial charge < -0.3 is 61.2 Å². The molecule has 2 aromatic heterocycles. The maximum absolute atomic E-state index is 14.1. The Bertz CT molecular complexity index is 3040. The zero-order chi connectivity index (χ0) is 59.7. The molecule has 3 fully saturated rings. The number of anilines is 1. The van der Waals surface area contributed by atoms with Crippen LogP contribution in [0.25, 0.3) is 0 Å². The van der Waals surface area contributed by atoms with Crippen molar-refractivity contribution in [3.63, 3.8) is 0 Å². The number of nitrogens with one attached hydrogen (secondary N) is 6. The second kappa shape index (κ2) is 30.7. The number of carbonyl (C=O) groups is 5. The fourth-order valence-electron chi connectivity index (χ4n) is 12.2. The number of hydrogen-bond donors (Lipinski definition) is 7. The predicted octanol–water partition coefficient (Wildman–Crippen LogP) is 4.59. The third-order valence-corrected chi connectivity index (χ3v) is 17.0. The number of nitrogens with zero attached hydrogens (tertiary/aromatic N) is 8. The van der Waals surface area contributed by atoms with Crippen molar-refractivity contribution in [1.29, 1.82) is 0 Å². The lowest BCUT2D eigenvalue weighted by Crippen LogP contribution is -2.51. The molecule has 2 aliphatic heterocycles. The predicted molar refractivity (Wildman–Crippen MR) is 322 cm³/mol. The zero-order valence-electron chi connectivity index (χ0n) is 49.2. The summed E-state index contributed by atoms with van der Waals surface area (Å²) in [6.45, 7) is 11.0. The highest BCUT2D eigenvalue weighted by atomic mass is 35.5. The molecule has 5 aromatic rings. The molecular formula is C62H83ClN14O8. The maximum atomic E-state index is 14.1. The van der Waals surface area contributed by atoms with E-state index in [9.17, 15) is 29.1 Å². The van der Waals surface area contributed by atoms with Crippen LogP contribution in [0.1, 0.15) is 133 Å². The van der Waals surface area contributed by atoms with Crippen LogP contribution in [0.15, 0.2) is 79.3 Å². The van der Waals surface area contributed by atoms with Crippen molar-refractivity contribution in [2.24, 2.45) is 5.92 Å². The van der Waals surface area contributed by atoms with E-state index in [1.807, 2.05) is 65.3 Å². The van der Waals surface area contributed by atoms with E-state index >= 15 is 0 Å². The van der Waals surface area contributed by atoms with Crippen molar-refractivity contribution in [3.8, 4) is 11.5 Å². The quantitative estimate of drug-likeness (QED) is 0.0355. The second-order valence-electron chi connectivity index (χ2n) is 22.7. The fourth-order valence-corrected chi connectivity index (χ4v) is 12.3. The smallest absolute Gasteiger partial charge is 0.251 e. The number of aromatic nitrogens is 5. The first-order chi connectivity index (χ1) is 41.3. The molecule has 5 atom stereocenters. The van der Waals surface area contributed by atoms with Gasteiger partial charge >= 0.3 is 0 Å². The highest BCUT2D eigenvalue weighted by molar-refractivity contribution is 6.30. The molecule has 2 saturated heterocycles. The molecule has 5 amide bonds. The molecule has 9 rings (SSSR count). The molecule has 7 N–H and O–H groups in total. The largest absolute Gasteiger partial charge is 0.497 e. The molecule has 23 heteroatoms. The summed E-state index contributed by atoms with van der Waals surface area (Å²) in [7, 11) is 1.62. The Morgan fingerprint density at radius 3 is 2.42 bits per heavy atom. The van der Waals surface area contributed by atoms with E-state index in [0.29, 0.717) is 119 Å². The van der Waals surface area contributed by atoms with Gasteiger partial charge in [0.2, 0.25) is 23.6 Å². The van der Waals surface area contributed by atoms with Crippen LogP contribution in [-0.2, 0) is 38.8 Å². The molecule has 4 aliphatic rings. The molecule has 456 valence electrons. The first-order valence-electron chi connectivity index (χ1n) is 30.2. The zero-order valence-corrected chi connectivity index (χ0v) is 50.0. The van der Waals surface area contributed by atoms with E-state index in [1.54, 1.807) is 36.2 Å². The van der Waals surface area contributed by atoms with Crippen LogP contribution in [0.5, 0.6) is 11.5 Å². The van der Waals surface area contributed by atoms with E-state index in [-0.39, 0.29) is 66.9 Å². The summed E-state index contributed by atoms with van der Waals surface area (Å²) in [4.78, 5) is 83.3. The minimum absolute atomic E-state index is 0.0103. The lowest BCUT2D eigenvalue weighted by Gasteiger charge is -2.38. The Morgan fingerprint density at radius 1 is 0.824 bits per heavy atom. The van der Waals surface area contributed by atoms with Crippen LogP contribution >= 0.6 is 11.6 Å². The van der Waals surface area contributed by atoms with Crippen molar-refractivity contribution >= 4 is 47.0 Å². The number of aliphatic hydroxyl groups is 1. The number of piperidine rings is 1. The molecule has 0 radical (unpaired) electrons. The van der Waals surface area contributed by atoms with Gasteiger partial charge in [-0.15, -0.1) is 5.10 Å². The maximum Gasteiger partial charge on any atom is 0.251 e. The number of carbonyl (C=O) groups excluding carboxylic acids is 5. The lowest BCUT2D eigenvalue weighted by atomic mass is 9.83. The summed E-state index contributed by atoms with van der Waals surface area (Å²) >= 11 is 6.23. The number of ether oxygens (including phenoxy) is 2. The Labute approximate surface area is 502 Å². The SMILES string of the molecule is CCOc1cc(OC)ccc1CNCC(=O)N1CCCC(c2cccc(C(=O)N[C@@H](C(=O)NCc3cn(CCNCC(=O)NCCNC[C@@H](C(=O)N4CCN(c5ncnc6c5[C@H](C)C[C@H]6O)CC4)c4ccc(Cl)cc4)nn3)C3CCCCC3)c2)C1. The number of rotatable bonds is 27. The molecule has 0 bridgehead atoms. The number of amides is 5. The number of likely N-dealkylation sites (tertiary alicyclic amines) is 1. The number of hydrogen-bond acceptors (Lipinski definition) is 16. The minimum atomic E-state index is -0.733. The molecule has 0 spiro atoms. The topological polar surface area (TPSA) is 262 Å². The molecule has 1 saturated carbocycles. The Hall–Kier alpha value is -7.24. The number of halogens is 1. The van der Waals surface area contributed by atoms with Gasteiger partial charge in [-0.3, -0.25) is 28.7 Å². The van der Waals surface area contributed by atoms with Crippen LogP contribution in [0, 0.1) is 5.92 Å². The highest BCUT2D eigenvalue weighted by Crippen LogP contribution is 2.43. The standard InChI is InChI=1S/C62H83ClN14O8/c1-4-85-53-32-50(84-3)20-17-46(53)33-66-37-55(80)76-24-9-14-47(38-76)44-12-8-13-45(31-44)60(81)71-57(43-10-6-5-7-11-43)61(82)68-34-49-39-77(73-72-49)25-23-65-36-54(79)67-22-21-64-35-51(42-15-18-48(63)19-16-42)62(83)75-28-26-74(27-29-75)59-56-41(2)30-52(78)58(56)69-40-70-59/h8,12-13,15-20,31-32,39-41,43,47,51-52,57,64-66,78H,4-7,9-11,14,21-30,33-38H2,1-3H3,(H,67,79)(H,68,82)(H,71,81)/t41-,47?,51-,52-,57-/m1/s1. The van der Waals surface area contributed by atoms with Gasteiger partial charge in [-0.2, -0.15) is 0 Å². The van der Waals surface area contributed by atoms with E-state index in [1.165, 1.54) is 6.33 Å². The molecule has 1 unspecified atom stereocenters. The van der Waals surface area contributed by atoms with Gasteiger partial charge in [-0.25, -0.2) is 9.97 Å². The Morgan fingerprint density at radius 2 is 1.64 bits per heavy atom. The summed E-state index contributed by atoms with van der Waals surface area (Å²) in [6.07, 6.45) is 9.78. The number of aliphatic hydroxyl groups excluding tert-OH is 1. The number of benzene rings is 3. The van der Waals surface area contributed by atoms with E-state index in [2.05, 4.69) is 64.0 Å². The molecule has 22 nitrogen and oxygen atoms in total. The van der Waals surface area contributed by atoms with Gasteiger partial charge in [0, 0.05) is 106 Å². The van der Waals surface area contributed by atoms with Crippen molar-refractivity contribution in [1.82, 2.24) is 66.7 Å². The summed E-state index contributed by atoms with van der Waals surface area (Å²) < 4.78 is 12.8. The van der Waals surface area contributed by atoms with E-state index in [4.69, 9.17) is 21.1 Å².